The molecule has 0 saturated heterocycles. The van der Waals surface area contributed by atoms with Crippen LogP contribution in [0.25, 0.3) is 11.4 Å². The smallest absolute Gasteiger partial charge is 0.234 e. The molecule has 1 N–H and O–H groups in total. The number of nitrogens with zero attached hydrogens (tertiary/aromatic N) is 3. The molecule has 3 aromatic rings. The van der Waals surface area contributed by atoms with Gasteiger partial charge < -0.3 is 14.6 Å². The Labute approximate surface area is 192 Å². The lowest BCUT2D eigenvalue weighted by molar-refractivity contribution is -0.113. The van der Waals surface area contributed by atoms with Crippen LogP contribution in [0.15, 0.2) is 53.7 Å². The minimum Gasteiger partial charge on any atom is -0.494 e. The van der Waals surface area contributed by atoms with Crippen LogP contribution in [0.1, 0.15) is 44.0 Å². The standard InChI is InChI=1S/C24H28N4O3S/c1-4-6-15-31-21-13-9-19(10-14-21)23-26-27-24(28(23)5-2)32-16-22(30)25-20-11-7-18(8-12-20)17(3)29/h7-14H,4-6,15-16H2,1-3H3,(H,25,30). The minimum atomic E-state index is -0.147. The van der Waals surface area contributed by atoms with E-state index in [0.717, 1.165) is 30.0 Å². The predicted octanol–water partition coefficient (Wildman–Crippen LogP) is 5.08. The molecule has 32 heavy (non-hydrogen) atoms. The molecular formula is C24H28N4O3S. The van der Waals surface area contributed by atoms with Crippen molar-refractivity contribution in [2.24, 2.45) is 0 Å². The van der Waals surface area contributed by atoms with Gasteiger partial charge in [-0.15, -0.1) is 10.2 Å². The topological polar surface area (TPSA) is 86.1 Å². The maximum Gasteiger partial charge on any atom is 0.234 e. The maximum absolute atomic E-state index is 12.4. The Bertz CT molecular complexity index is 1050. The summed E-state index contributed by atoms with van der Waals surface area (Å²) in [6, 6.07) is 14.7. The number of carbonyl (C=O) groups excluding carboxylic acids is 2. The molecule has 3 rings (SSSR count). The first-order valence-electron chi connectivity index (χ1n) is 10.7. The van der Waals surface area contributed by atoms with Crippen LogP contribution in [0.3, 0.4) is 0 Å². The van der Waals surface area contributed by atoms with Crippen LogP contribution in [-0.2, 0) is 11.3 Å². The number of nitrogens with one attached hydrogen (secondary N) is 1. The fourth-order valence-corrected chi connectivity index (χ4v) is 3.85. The van der Waals surface area contributed by atoms with Gasteiger partial charge in [0.05, 0.1) is 12.4 Å². The summed E-state index contributed by atoms with van der Waals surface area (Å²) >= 11 is 1.34. The predicted molar refractivity (Wildman–Crippen MR) is 127 cm³/mol. The van der Waals surface area contributed by atoms with Crippen LogP contribution in [0.5, 0.6) is 5.75 Å². The van der Waals surface area contributed by atoms with Crippen molar-refractivity contribution >= 4 is 29.1 Å². The highest BCUT2D eigenvalue weighted by Gasteiger charge is 2.15. The summed E-state index contributed by atoms with van der Waals surface area (Å²) in [7, 11) is 0. The van der Waals surface area contributed by atoms with E-state index in [2.05, 4.69) is 22.4 Å². The zero-order chi connectivity index (χ0) is 22.9. The van der Waals surface area contributed by atoms with Crippen LogP contribution >= 0.6 is 11.8 Å². The first kappa shape index (κ1) is 23.5. The second kappa shape index (κ2) is 11.5. The van der Waals surface area contributed by atoms with Gasteiger partial charge in [-0.25, -0.2) is 0 Å². The van der Waals surface area contributed by atoms with E-state index in [4.69, 9.17) is 4.74 Å². The molecule has 8 heteroatoms. The summed E-state index contributed by atoms with van der Waals surface area (Å²) in [6.45, 7) is 7.07. The number of ketones is 1. The molecule has 0 aliphatic carbocycles. The van der Waals surface area contributed by atoms with Gasteiger partial charge in [0.25, 0.3) is 0 Å². The summed E-state index contributed by atoms with van der Waals surface area (Å²) in [5.41, 5.74) is 2.21. The van der Waals surface area contributed by atoms with Gasteiger partial charge in [-0.2, -0.15) is 0 Å². The molecule has 0 fully saturated rings. The molecular weight excluding hydrogens is 424 g/mol. The van der Waals surface area contributed by atoms with Crippen molar-refractivity contribution in [2.75, 3.05) is 17.7 Å². The molecule has 0 radical (unpaired) electrons. The van der Waals surface area contributed by atoms with E-state index in [0.29, 0.717) is 29.6 Å². The van der Waals surface area contributed by atoms with E-state index in [9.17, 15) is 9.59 Å². The summed E-state index contributed by atoms with van der Waals surface area (Å²) in [5.74, 6) is 1.65. The number of thioether (sulfide) groups is 1. The highest BCUT2D eigenvalue weighted by atomic mass is 32.2. The number of Topliss-reactive ketones (excluding diaryl/α,β-unsaturated/α-hetero) is 1. The average molecular weight is 453 g/mol. The van der Waals surface area contributed by atoms with Crippen LogP contribution in [0.2, 0.25) is 0 Å². The van der Waals surface area contributed by atoms with E-state index in [-0.39, 0.29) is 17.4 Å². The fraction of sp³-hybridized carbons (Fsp3) is 0.333. The third kappa shape index (κ3) is 6.20. The monoisotopic (exact) mass is 452 g/mol. The van der Waals surface area contributed by atoms with Crippen LogP contribution in [0, 0.1) is 0 Å². The number of ether oxygens (including phenoxy) is 1. The van der Waals surface area contributed by atoms with Crippen LogP contribution in [0.4, 0.5) is 5.69 Å². The number of carbonyl (C=O) groups is 2. The van der Waals surface area contributed by atoms with Gasteiger partial charge >= 0.3 is 0 Å². The van der Waals surface area contributed by atoms with Gasteiger partial charge in [0.1, 0.15) is 5.75 Å². The molecule has 1 heterocycles. The summed E-state index contributed by atoms with van der Waals surface area (Å²) in [5, 5.41) is 12.1. The normalized spacial score (nSPS) is 10.7. The van der Waals surface area contributed by atoms with Gasteiger partial charge in [0.15, 0.2) is 16.8 Å². The van der Waals surface area contributed by atoms with Gasteiger partial charge in [-0.3, -0.25) is 9.59 Å². The van der Waals surface area contributed by atoms with Crippen molar-refractivity contribution in [3.05, 3.63) is 54.1 Å². The largest absolute Gasteiger partial charge is 0.494 e. The molecule has 1 amide bonds. The molecule has 0 atom stereocenters. The number of anilines is 1. The van der Waals surface area contributed by atoms with Crippen molar-refractivity contribution in [2.45, 2.75) is 45.3 Å². The number of rotatable bonds is 11. The molecule has 0 aliphatic heterocycles. The van der Waals surface area contributed by atoms with Gasteiger partial charge in [-0.05, 0) is 68.8 Å². The number of aromatic nitrogens is 3. The van der Waals surface area contributed by atoms with Crippen LogP contribution in [-0.4, -0.2) is 38.8 Å². The zero-order valence-electron chi connectivity index (χ0n) is 18.6. The molecule has 0 saturated carbocycles. The highest BCUT2D eigenvalue weighted by molar-refractivity contribution is 7.99. The SMILES string of the molecule is CCCCOc1ccc(-c2nnc(SCC(=O)Nc3ccc(C(C)=O)cc3)n2CC)cc1. The van der Waals surface area contributed by atoms with E-state index in [1.807, 2.05) is 35.8 Å². The van der Waals surface area contributed by atoms with Gasteiger partial charge in [0.2, 0.25) is 5.91 Å². The first-order chi connectivity index (χ1) is 15.5. The quantitative estimate of drug-likeness (QED) is 0.248. The fourth-order valence-electron chi connectivity index (χ4n) is 3.04. The molecule has 7 nitrogen and oxygen atoms in total. The van der Waals surface area contributed by atoms with Crippen molar-refractivity contribution < 1.29 is 14.3 Å². The number of hydrogen-bond donors (Lipinski definition) is 1. The Hall–Kier alpha value is -3.13. The second-order valence-corrected chi connectivity index (χ2v) is 8.19. The molecule has 2 aromatic carbocycles. The lowest BCUT2D eigenvalue weighted by atomic mass is 10.1. The van der Waals surface area contributed by atoms with E-state index < -0.39 is 0 Å². The van der Waals surface area contributed by atoms with E-state index in [1.165, 1.54) is 18.7 Å². The Morgan fingerprint density at radius 1 is 1.03 bits per heavy atom. The number of benzene rings is 2. The maximum atomic E-state index is 12.4. The molecule has 168 valence electrons. The number of hydrogen-bond acceptors (Lipinski definition) is 6. The van der Waals surface area contributed by atoms with Crippen molar-refractivity contribution in [1.29, 1.82) is 0 Å². The van der Waals surface area contributed by atoms with Gasteiger partial charge in [0, 0.05) is 23.4 Å². The summed E-state index contributed by atoms with van der Waals surface area (Å²) in [4.78, 5) is 23.7. The minimum absolute atomic E-state index is 0.00760. The lowest BCUT2D eigenvalue weighted by Crippen LogP contribution is -2.14. The second-order valence-electron chi connectivity index (χ2n) is 7.25. The Kier molecular flexibility index (Phi) is 8.44. The van der Waals surface area contributed by atoms with Crippen molar-refractivity contribution in [3.63, 3.8) is 0 Å². The number of unbranched alkanes of at least 4 members (excludes halogenated alkanes) is 1. The summed E-state index contributed by atoms with van der Waals surface area (Å²) < 4.78 is 7.72. The average Bonchev–Trinajstić information content (AvgIpc) is 3.21. The Morgan fingerprint density at radius 2 is 1.75 bits per heavy atom. The molecule has 0 aliphatic rings. The molecule has 0 bridgehead atoms. The Balaban J connectivity index is 1.60. The molecule has 0 spiro atoms. The van der Waals surface area contributed by atoms with Crippen molar-refractivity contribution in [1.82, 2.24) is 14.8 Å². The molecule has 1 aromatic heterocycles. The van der Waals surface area contributed by atoms with E-state index >= 15 is 0 Å². The Morgan fingerprint density at radius 3 is 2.38 bits per heavy atom. The van der Waals surface area contributed by atoms with Crippen LogP contribution < -0.4 is 10.1 Å². The van der Waals surface area contributed by atoms with Crippen molar-refractivity contribution in [3.8, 4) is 17.1 Å². The van der Waals surface area contributed by atoms with Gasteiger partial charge in [-0.1, -0.05) is 25.1 Å². The first-order valence-corrected chi connectivity index (χ1v) is 11.7. The lowest BCUT2D eigenvalue weighted by Gasteiger charge is -2.09. The third-order valence-electron chi connectivity index (χ3n) is 4.82. The van der Waals surface area contributed by atoms with E-state index in [1.54, 1.807) is 24.3 Å². The third-order valence-corrected chi connectivity index (χ3v) is 5.79. The summed E-state index contributed by atoms with van der Waals surface area (Å²) in [6.07, 6.45) is 2.13. The number of amides is 1. The highest BCUT2D eigenvalue weighted by Crippen LogP contribution is 2.26. The molecule has 0 unspecified atom stereocenters. The zero-order valence-corrected chi connectivity index (χ0v) is 19.4.